The van der Waals surface area contributed by atoms with Gasteiger partial charge < -0.3 is 5.32 Å². The van der Waals surface area contributed by atoms with Crippen LogP contribution in [0.1, 0.15) is 5.56 Å². The molecule has 0 spiro atoms. The number of nitriles is 1. The molecule has 0 aromatic heterocycles. The van der Waals surface area contributed by atoms with E-state index in [1.165, 1.54) is 6.08 Å². The average Bonchev–Trinajstić information content (AvgIpc) is 2.45. The number of hydrogen-bond acceptors (Lipinski definition) is 2. The molecule has 0 saturated heterocycles. The Hall–Kier alpha value is -1.80. The molecule has 0 unspecified atom stereocenters. The molecule has 2 rings (SSSR count). The van der Waals surface area contributed by atoms with Crippen LogP contribution in [0.25, 0.3) is 6.08 Å². The normalized spacial score (nSPS) is 10.9. The Labute approximate surface area is 146 Å². The van der Waals surface area contributed by atoms with E-state index in [0.717, 1.165) is 10.0 Å². The Morgan fingerprint density at radius 2 is 1.82 bits per heavy atom. The molecule has 0 heterocycles. The molecule has 0 bridgehead atoms. The van der Waals surface area contributed by atoms with Crippen LogP contribution in [0, 0.1) is 11.3 Å². The molecular weight excluding hydrogens is 387 g/mol. The summed E-state index contributed by atoms with van der Waals surface area (Å²) >= 11 is 15.1. The quantitative estimate of drug-likeness (QED) is 0.566. The van der Waals surface area contributed by atoms with Gasteiger partial charge in [-0.3, -0.25) is 4.79 Å². The minimum Gasteiger partial charge on any atom is -0.321 e. The first-order chi connectivity index (χ1) is 10.5. The number of nitrogens with zero attached hydrogens (tertiary/aromatic N) is 1. The molecule has 0 radical (unpaired) electrons. The van der Waals surface area contributed by atoms with Gasteiger partial charge in [0.25, 0.3) is 5.91 Å². The molecule has 2 aromatic rings. The molecule has 6 heteroatoms. The molecule has 0 fully saturated rings. The summed E-state index contributed by atoms with van der Waals surface area (Å²) in [5, 5.41) is 12.6. The highest BCUT2D eigenvalue weighted by Gasteiger charge is 2.11. The second kappa shape index (κ2) is 7.46. The van der Waals surface area contributed by atoms with E-state index in [-0.39, 0.29) is 5.57 Å². The summed E-state index contributed by atoms with van der Waals surface area (Å²) in [6.45, 7) is 0. The van der Waals surface area contributed by atoms with Crippen LogP contribution >= 0.6 is 39.1 Å². The lowest BCUT2D eigenvalue weighted by Crippen LogP contribution is -2.13. The first-order valence-electron chi connectivity index (χ1n) is 6.13. The summed E-state index contributed by atoms with van der Waals surface area (Å²) in [5.74, 6) is -0.531. The number of halogens is 3. The lowest BCUT2D eigenvalue weighted by molar-refractivity contribution is -0.112. The zero-order valence-corrected chi connectivity index (χ0v) is 14.2. The van der Waals surface area contributed by atoms with Crippen LogP contribution in [0.2, 0.25) is 10.0 Å². The van der Waals surface area contributed by atoms with Gasteiger partial charge in [0.1, 0.15) is 11.6 Å². The van der Waals surface area contributed by atoms with Crippen LogP contribution < -0.4 is 5.32 Å². The first-order valence-corrected chi connectivity index (χ1v) is 7.68. The largest absolute Gasteiger partial charge is 0.321 e. The lowest BCUT2D eigenvalue weighted by Gasteiger charge is -2.06. The van der Waals surface area contributed by atoms with Gasteiger partial charge in [-0.1, -0.05) is 57.3 Å². The van der Waals surface area contributed by atoms with Gasteiger partial charge in [0.05, 0.1) is 0 Å². The second-order valence-corrected chi connectivity index (χ2v) is 6.03. The van der Waals surface area contributed by atoms with E-state index in [1.54, 1.807) is 24.3 Å². The van der Waals surface area contributed by atoms with Crippen molar-refractivity contribution < 1.29 is 4.79 Å². The van der Waals surface area contributed by atoms with Gasteiger partial charge in [0.15, 0.2) is 0 Å². The molecule has 2 aromatic carbocycles. The Balaban J connectivity index is 2.26. The fourth-order valence-electron chi connectivity index (χ4n) is 1.72. The van der Waals surface area contributed by atoms with E-state index < -0.39 is 5.91 Å². The number of nitrogens with one attached hydrogen (secondary N) is 1. The third-order valence-corrected chi connectivity index (χ3v) is 3.85. The van der Waals surface area contributed by atoms with Crippen molar-refractivity contribution in [1.29, 1.82) is 5.26 Å². The van der Waals surface area contributed by atoms with Gasteiger partial charge in [-0.05, 0) is 35.9 Å². The van der Waals surface area contributed by atoms with E-state index in [4.69, 9.17) is 23.2 Å². The fraction of sp³-hybridized carbons (Fsp3) is 0. The highest BCUT2D eigenvalue weighted by Crippen LogP contribution is 2.23. The van der Waals surface area contributed by atoms with E-state index in [9.17, 15) is 10.1 Å². The Kier molecular flexibility index (Phi) is 5.62. The maximum absolute atomic E-state index is 12.2. The van der Waals surface area contributed by atoms with Crippen molar-refractivity contribution in [2.24, 2.45) is 0 Å². The Morgan fingerprint density at radius 1 is 1.18 bits per heavy atom. The number of hydrogen-bond donors (Lipinski definition) is 1. The van der Waals surface area contributed by atoms with Crippen molar-refractivity contribution in [3.05, 3.63) is 68.1 Å². The molecule has 0 saturated carbocycles. The van der Waals surface area contributed by atoms with Crippen molar-refractivity contribution in [2.75, 3.05) is 5.32 Å². The minimum atomic E-state index is -0.531. The molecule has 110 valence electrons. The van der Waals surface area contributed by atoms with E-state index in [2.05, 4.69) is 21.2 Å². The molecule has 1 N–H and O–H groups in total. The number of carbonyl (C=O) groups is 1. The van der Waals surface area contributed by atoms with Crippen molar-refractivity contribution >= 4 is 56.8 Å². The molecule has 3 nitrogen and oxygen atoms in total. The van der Waals surface area contributed by atoms with Gasteiger partial charge in [-0.15, -0.1) is 0 Å². The van der Waals surface area contributed by atoms with Crippen molar-refractivity contribution in [3.8, 4) is 6.07 Å². The van der Waals surface area contributed by atoms with Crippen LogP contribution in [0.15, 0.2) is 52.5 Å². The smallest absolute Gasteiger partial charge is 0.266 e. The van der Waals surface area contributed by atoms with E-state index >= 15 is 0 Å². The van der Waals surface area contributed by atoms with Crippen LogP contribution in [0.3, 0.4) is 0 Å². The summed E-state index contributed by atoms with van der Waals surface area (Å²) < 4.78 is 0.793. The molecule has 0 aliphatic carbocycles. The standard InChI is InChI=1S/C16H9BrCl2N2O/c17-15-4-2-1-3-10(15)5-11(9-20)16(22)21-14-7-12(18)6-13(19)8-14/h1-8H,(H,21,22). The summed E-state index contributed by atoms with van der Waals surface area (Å²) in [6.07, 6.45) is 1.51. The number of rotatable bonds is 3. The number of anilines is 1. The van der Waals surface area contributed by atoms with Crippen LogP contribution in [-0.4, -0.2) is 5.91 Å². The zero-order valence-electron chi connectivity index (χ0n) is 11.1. The Bertz CT molecular complexity index is 777. The highest BCUT2D eigenvalue weighted by atomic mass is 79.9. The van der Waals surface area contributed by atoms with Crippen molar-refractivity contribution in [2.45, 2.75) is 0 Å². The van der Waals surface area contributed by atoms with Gasteiger partial charge >= 0.3 is 0 Å². The second-order valence-electron chi connectivity index (χ2n) is 4.30. The SMILES string of the molecule is N#CC(=Cc1ccccc1Br)C(=O)Nc1cc(Cl)cc(Cl)c1. The fourth-order valence-corrected chi connectivity index (χ4v) is 2.65. The molecule has 0 aliphatic rings. The van der Waals surface area contributed by atoms with Gasteiger partial charge in [0.2, 0.25) is 0 Å². The average molecular weight is 396 g/mol. The lowest BCUT2D eigenvalue weighted by atomic mass is 10.1. The number of benzene rings is 2. The van der Waals surface area contributed by atoms with Crippen molar-refractivity contribution in [3.63, 3.8) is 0 Å². The summed E-state index contributed by atoms with van der Waals surface area (Å²) in [4.78, 5) is 12.2. The third-order valence-electron chi connectivity index (χ3n) is 2.69. The van der Waals surface area contributed by atoms with Crippen LogP contribution in [-0.2, 0) is 4.79 Å². The van der Waals surface area contributed by atoms with Crippen molar-refractivity contribution in [1.82, 2.24) is 0 Å². The van der Waals surface area contributed by atoms with E-state index in [0.29, 0.717) is 15.7 Å². The third kappa shape index (κ3) is 4.35. The maximum Gasteiger partial charge on any atom is 0.266 e. The predicted molar refractivity (Wildman–Crippen MR) is 92.8 cm³/mol. The topological polar surface area (TPSA) is 52.9 Å². The van der Waals surface area contributed by atoms with Gasteiger partial charge in [0, 0.05) is 20.2 Å². The maximum atomic E-state index is 12.2. The number of amides is 1. The monoisotopic (exact) mass is 394 g/mol. The van der Waals surface area contributed by atoms with Gasteiger partial charge in [-0.2, -0.15) is 5.26 Å². The molecule has 0 atom stereocenters. The zero-order chi connectivity index (χ0) is 16.1. The van der Waals surface area contributed by atoms with E-state index in [1.807, 2.05) is 24.3 Å². The van der Waals surface area contributed by atoms with Crippen LogP contribution in [0.4, 0.5) is 5.69 Å². The Morgan fingerprint density at radius 3 is 2.41 bits per heavy atom. The summed E-state index contributed by atoms with van der Waals surface area (Å²) in [5.41, 5.74) is 1.14. The first kappa shape index (κ1) is 16.6. The summed E-state index contributed by atoms with van der Waals surface area (Å²) in [6, 6.07) is 13.8. The molecule has 1 amide bonds. The molecular formula is C16H9BrCl2N2O. The molecule has 0 aliphatic heterocycles. The summed E-state index contributed by atoms with van der Waals surface area (Å²) in [7, 11) is 0. The van der Waals surface area contributed by atoms with Crippen LogP contribution in [0.5, 0.6) is 0 Å². The molecule has 22 heavy (non-hydrogen) atoms. The highest BCUT2D eigenvalue weighted by molar-refractivity contribution is 9.10. The van der Waals surface area contributed by atoms with Gasteiger partial charge in [-0.25, -0.2) is 0 Å². The predicted octanol–water partition coefficient (Wildman–Crippen LogP) is 5.30. The minimum absolute atomic E-state index is 0.0250. The number of carbonyl (C=O) groups excluding carboxylic acids is 1.